The van der Waals surface area contributed by atoms with E-state index in [1.807, 2.05) is 20.8 Å². The molecule has 2 rings (SSSR count). The van der Waals surface area contributed by atoms with Crippen molar-refractivity contribution in [3.05, 3.63) is 28.2 Å². The molecule has 1 aromatic carbocycles. The molecule has 6 heteroatoms. The Balaban J connectivity index is 2.91. The first-order valence-electron chi connectivity index (χ1n) is 6.38. The molecule has 0 saturated heterocycles. The number of aromatic amines is 1. The molecule has 0 radical (unpaired) electrons. The number of esters is 1. The zero-order valence-corrected chi connectivity index (χ0v) is 13.9. The Hall–Kier alpha value is -1.40. The van der Waals surface area contributed by atoms with E-state index in [4.69, 9.17) is 17.0 Å². The van der Waals surface area contributed by atoms with E-state index in [1.54, 1.807) is 6.07 Å². The van der Waals surface area contributed by atoms with Crippen molar-refractivity contribution in [2.45, 2.75) is 38.0 Å². The van der Waals surface area contributed by atoms with Gasteiger partial charge in [0.25, 0.3) is 0 Å². The fourth-order valence-corrected chi connectivity index (χ4v) is 2.41. The zero-order chi connectivity index (χ0) is 15.9. The second kappa shape index (κ2) is 5.42. The van der Waals surface area contributed by atoms with E-state index in [9.17, 15) is 9.18 Å². The van der Waals surface area contributed by atoms with Crippen LogP contribution in [0, 0.1) is 10.5 Å². The summed E-state index contributed by atoms with van der Waals surface area (Å²) in [6.07, 6.45) is 0. The summed E-state index contributed by atoms with van der Waals surface area (Å²) in [5.74, 6) is -0.756. The van der Waals surface area contributed by atoms with Crippen molar-refractivity contribution in [1.29, 1.82) is 0 Å². The smallest absolute Gasteiger partial charge is 0.308 e. The van der Waals surface area contributed by atoms with Crippen LogP contribution in [0.5, 0.6) is 5.75 Å². The number of H-pyrrole nitrogens is 1. The third kappa shape index (κ3) is 3.11. The van der Waals surface area contributed by atoms with Gasteiger partial charge in [-0.3, -0.25) is 4.79 Å². The Kier molecular flexibility index (Phi) is 4.13. The first kappa shape index (κ1) is 16.0. The monoisotopic (exact) mass is 325 g/mol. The molecule has 0 bridgehead atoms. The normalized spacial score (nSPS) is 11.7. The maximum atomic E-state index is 14.4. The van der Waals surface area contributed by atoms with E-state index in [0.717, 1.165) is 5.56 Å². The van der Waals surface area contributed by atoms with Crippen molar-refractivity contribution >= 4 is 41.7 Å². The Morgan fingerprint density at radius 1 is 1.38 bits per heavy atom. The van der Waals surface area contributed by atoms with Crippen molar-refractivity contribution in [3.63, 3.8) is 0 Å². The van der Waals surface area contributed by atoms with Crippen LogP contribution in [0.3, 0.4) is 0 Å². The number of hydrogen-bond donors (Lipinski definition) is 2. The van der Waals surface area contributed by atoms with Crippen molar-refractivity contribution in [1.82, 2.24) is 4.98 Å². The summed E-state index contributed by atoms with van der Waals surface area (Å²) in [5.41, 5.74) is 0.757. The lowest BCUT2D eigenvalue weighted by Gasteiger charge is -2.20. The summed E-state index contributed by atoms with van der Waals surface area (Å²) in [6, 6.07) is 3.25. The summed E-state index contributed by atoms with van der Waals surface area (Å²) in [5, 5.41) is 0.453. The van der Waals surface area contributed by atoms with Crippen LogP contribution < -0.4 is 4.74 Å². The zero-order valence-electron chi connectivity index (χ0n) is 12.2. The number of ether oxygens (including phenoxy) is 1. The number of halogens is 1. The van der Waals surface area contributed by atoms with Gasteiger partial charge in [0.1, 0.15) is 10.5 Å². The third-order valence-electron chi connectivity index (χ3n) is 3.12. The van der Waals surface area contributed by atoms with Gasteiger partial charge in [0.15, 0.2) is 5.75 Å². The van der Waals surface area contributed by atoms with Gasteiger partial charge in [-0.15, -0.1) is 12.6 Å². The average molecular weight is 325 g/mol. The average Bonchev–Trinajstić information content (AvgIpc) is 2.34. The van der Waals surface area contributed by atoms with Crippen molar-refractivity contribution in [3.8, 4) is 5.75 Å². The minimum absolute atomic E-state index is 0.189. The van der Waals surface area contributed by atoms with Gasteiger partial charge < -0.3 is 9.72 Å². The number of carbonyl (C=O) groups is 1. The molecule has 3 nitrogen and oxygen atoms in total. The molecule has 112 valence electrons. The molecule has 0 spiro atoms. The molecule has 0 aliphatic rings. The summed E-state index contributed by atoms with van der Waals surface area (Å²) in [6.45, 7) is 7.21. The van der Waals surface area contributed by atoms with Crippen LogP contribution in [-0.2, 0) is 10.2 Å². The summed E-state index contributed by atoms with van der Waals surface area (Å²) in [4.78, 5) is 14.4. The number of hydrogen-bond acceptors (Lipinski definition) is 4. The highest BCUT2D eigenvalue weighted by Crippen LogP contribution is 2.36. The summed E-state index contributed by atoms with van der Waals surface area (Å²) in [7, 11) is 0. The van der Waals surface area contributed by atoms with Crippen LogP contribution in [0.15, 0.2) is 17.0 Å². The van der Waals surface area contributed by atoms with E-state index in [2.05, 4.69) is 17.6 Å². The number of aromatic nitrogens is 1. The maximum absolute atomic E-state index is 14.4. The number of benzene rings is 1. The minimum Gasteiger partial charge on any atom is -0.425 e. The molecule has 0 aliphatic carbocycles. The van der Waals surface area contributed by atoms with Crippen LogP contribution in [0.4, 0.5) is 4.39 Å². The van der Waals surface area contributed by atoms with Gasteiger partial charge in [-0.25, -0.2) is 4.39 Å². The van der Waals surface area contributed by atoms with Crippen molar-refractivity contribution < 1.29 is 13.9 Å². The number of fused-ring (bicyclic) bond motifs is 1. The number of thiol groups is 1. The van der Waals surface area contributed by atoms with E-state index in [-0.39, 0.29) is 21.3 Å². The predicted octanol–water partition coefficient (Wildman–Crippen LogP) is 4.55. The van der Waals surface area contributed by atoms with Gasteiger partial charge in [0.05, 0.1) is 10.4 Å². The number of pyridine rings is 1. The minimum atomic E-state index is -0.506. The fraction of sp³-hybridized carbons (Fsp3) is 0.333. The first-order chi connectivity index (χ1) is 9.61. The summed E-state index contributed by atoms with van der Waals surface area (Å²) < 4.78 is 19.8. The maximum Gasteiger partial charge on any atom is 0.308 e. The highest BCUT2D eigenvalue weighted by molar-refractivity contribution is 7.81. The Labute approximate surface area is 132 Å². The van der Waals surface area contributed by atoms with Gasteiger partial charge in [-0.05, 0) is 23.1 Å². The van der Waals surface area contributed by atoms with E-state index in [0.29, 0.717) is 10.3 Å². The van der Waals surface area contributed by atoms with E-state index >= 15 is 0 Å². The number of rotatable bonds is 1. The molecule has 0 aliphatic heterocycles. The largest absolute Gasteiger partial charge is 0.425 e. The third-order valence-corrected chi connectivity index (χ3v) is 4.00. The molecule has 0 amide bonds. The quantitative estimate of drug-likeness (QED) is 0.459. The fourth-order valence-electron chi connectivity index (χ4n) is 2.00. The molecule has 2 aromatic rings. The Morgan fingerprint density at radius 2 is 2.00 bits per heavy atom. The van der Waals surface area contributed by atoms with Crippen LogP contribution in [0.2, 0.25) is 0 Å². The van der Waals surface area contributed by atoms with Crippen LogP contribution in [-0.4, -0.2) is 11.0 Å². The second-order valence-corrected chi connectivity index (χ2v) is 6.71. The first-order valence-corrected chi connectivity index (χ1v) is 7.24. The molecule has 0 saturated carbocycles. The van der Waals surface area contributed by atoms with Crippen LogP contribution >= 0.6 is 24.8 Å². The molecular formula is C15H16FNO2S2. The van der Waals surface area contributed by atoms with Crippen molar-refractivity contribution in [2.24, 2.45) is 0 Å². The van der Waals surface area contributed by atoms with Crippen LogP contribution in [0.1, 0.15) is 33.3 Å². The second-order valence-electron chi connectivity index (χ2n) is 5.86. The van der Waals surface area contributed by atoms with E-state index in [1.165, 1.54) is 13.0 Å². The molecule has 1 heterocycles. The van der Waals surface area contributed by atoms with Crippen molar-refractivity contribution in [2.75, 3.05) is 0 Å². The van der Waals surface area contributed by atoms with Gasteiger partial charge >= 0.3 is 5.97 Å². The predicted molar refractivity (Wildman–Crippen MR) is 86.4 cm³/mol. The number of nitrogens with one attached hydrogen (secondary N) is 1. The van der Waals surface area contributed by atoms with E-state index < -0.39 is 11.8 Å². The Morgan fingerprint density at radius 3 is 2.52 bits per heavy atom. The molecule has 0 unspecified atom stereocenters. The van der Waals surface area contributed by atoms with Gasteiger partial charge in [0, 0.05) is 12.3 Å². The lowest BCUT2D eigenvalue weighted by Crippen LogP contribution is -2.12. The molecule has 0 atom stereocenters. The topological polar surface area (TPSA) is 42.1 Å². The Bertz CT molecular complexity index is 791. The molecule has 1 aromatic heterocycles. The lowest BCUT2D eigenvalue weighted by atomic mass is 9.86. The highest BCUT2D eigenvalue weighted by atomic mass is 32.1. The highest BCUT2D eigenvalue weighted by Gasteiger charge is 2.20. The molecule has 1 N–H and O–H groups in total. The standard InChI is InChI=1S/C15H16FNO2S2/c1-7(18)19-12-9-5-8(15(2,3)4)6-10(16)11(9)17-14(21)13(12)20/h5-6,20H,1-4H3,(H,17,21). The molecular weight excluding hydrogens is 309 g/mol. The van der Waals surface area contributed by atoms with Gasteiger partial charge in [0.2, 0.25) is 0 Å². The van der Waals surface area contributed by atoms with Crippen LogP contribution in [0.25, 0.3) is 10.9 Å². The van der Waals surface area contributed by atoms with Gasteiger partial charge in [-0.1, -0.05) is 33.0 Å². The SMILES string of the molecule is CC(=O)Oc1c(S)c(=S)[nH]c2c(F)cc(C(C)(C)C)cc12. The summed E-state index contributed by atoms with van der Waals surface area (Å²) >= 11 is 9.36. The molecule has 21 heavy (non-hydrogen) atoms. The number of carbonyl (C=O) groups excluding carboxylic acids is 1. The van der Waals surface area contributed by atoms with Gasteiger partial charge in [-0.2, -0.15) is 0 Å². The molecule has 0 fully saturated rings. The lowest BCUT2D eigenvalue weighted by molar-refractivity contribution is -0.131.